The van der Waals surface area contributed by atoms with Gasteiger partial charge < -0.3 is 14.6 Å². The van der Waals surface area contributed by atoms with E-state index in [0.29, 0.717) is 22.9 Å². The Kier molecular flexibility index (Phi) is 6.05. The van der Waals surface area contributed by atoms with Gasteiger partial charge in [-0.1, -0.05) is 12.1 Å². The van der Waals surface area contributed by atoms with Crippen LogP contribution in [-0.4, -0.2) is 48.9 Å². The molecule has 4 rings (SSSR count). The van der Waals surface area contributed by atoms with Crippen LogP contribution in [0.2, 0.25) is 0 Å². The molecule has 1 fully saturated rings. The highest BCUT2D eigenvalue weighted by atomic mass is 32.2. The maximum absolute atomic E-state index is 13.4. The number of aromatic nitrogens is 3. The van der Waals surface area contributed by atoms with Crippen molar-refractivity contribution in [2.75, 3.05) is 18.9 Å². The average Bonchev–Trinajstić information content (AvgIpc) is 3.53. The lowest BCUT2D eigenvalue weighted by Gasteiger charge is -2.16. The molecule has 33 heavy (non-hydrogen) atoms. The van der Waals surface area contributed by atoms with E-state index in [1.54, 1.807) is 24.3 Å². The zero-order valence-corrected chi connectivity index (χ0v) is 18.7. The van der Waals surface area contributed by atoms with Gasteiger partial charge in [0.1, 0.15) is 10.7 Å². The van der Waals surface area contributed by atoms with Gasteiger partial charge >= 0.3 is 5.97 Å². The molecule has 172 valence electrons. The van der Waals surface area contributed by atoms with Crippen LogP contribution in [-0.2, 0) is 14.8 Å². The zero-order valence-electron chi connectivity index (χ0n) is 17.9. The number of anilines is 1. The summed E-state index contributed by atoms with van der Waals surface area (Å²) < 4.78 is 40.0. The molecule has 2 aromatic carbocycles. The molecule has 1 aromatic heterocycles. The van der Waals surface area contributed by atoms with Crippen molar-refractivity contribution in [3.63, 3.8) is 0 Å². The predicted octanol–water partition coefficient (Wildman–Crippen LogP) is 3.26. The SMILES string of the molecule is COc1cc(/C=C/C(=O)O)cc(S(=O)(=O)Nc2ccccc2-c2n[nH]c(C3CC3)n2)c1OC. The lowest BCUT2D eigenvalue weighted by atomic mass is 10.2. The number of sulfonamides is 1. The van der Waals surface area contributed by atoms with Crippen LogP contribution >= 0.6 is 0 Å². The van der Waals surface area contributed by atoms with E-state index in [2.05, 4.69) is 19.9 Å². The number of carbonyl (C=O) groups is 1. The fourth-order valence-corrected chi connectivity index (χ4v) is 4.61. The van der Waals surface area contributed by atoms with Crippen molar-refractivity contribution >= 4 is 27.8 Å². The zero-order chi connectivity index (χ0) is 23.6. The van der Waals surface area contributed by atoms with E-state index in [-0.39, 0.29) is 22.1 Å². The minimum atomic E-state index is -4.18. The average molecular weight is 471 g/mol. The normalized spacial score (nSPS) is 13.8. The van der Waals surface area contributed by atoms with Crippen LogP contribution in [0.4, 0.5) is 5.69 Å². The van der Waals surface area contributed by atoms with Gasteiger partial charge in [0.2, 0.25) is 0 Å². The number of carboxylic acid groups (broad SMARTS) is 1. The van der Waals surface area contributed by atoms with E-state index >= 15 is 0 Å². The molecule has 0 radical (unpaired) electrons. The number of carboxylic acids is 1. The van der Waals surface area contributed by atoms with Crippen LogP contribution in [0.25, 0.3) is 17.5 Å². The molecule has 0 amide bonds. The Hall–Kier alpha value is -3.86. The number of nitrogens with zero attached hydrogens (tertiary/aromatic N) is 2. The quantitative estimate of drug-likeness (QED) is 0.404. The first-order valence-corrected chi connectivity index (χ1v) is 11.5. The summed E-state index contributed by atoms with van der Waals surface area (Å²) >= 11 is 0. The van der Waals surface area contributed by atoms with Gasteiger partial charge in [0.05, 0.1) is 19.9 Å². The number of benzene rings is 2. The standard InChI is InChI=1S/C22H22N4O6S/c1-31-17-11-13(7-10-19(27)28)12-18(20(17)32-2)33(29,30)26-16-6-4-3-5-15(16)22-23-21(24-25-22)14-8-9-14/h3-7,10-12,14,26H,8-9H2,1-2H3,(H,27,28)(H,23,24,25)/b10-7+. The third-order valence-corrected chi connectivity index (χ3v) is 6.42. The lowest BCUT2D eigenvalue weighted by molar-refractivity contribution is -0.131. The molecule has 11 heteroatoms. The molecule has 0 bridgehead atoms. The molecule has 3 N–H and O–H groups in total. The first-order valence-electron chi connectivity index (χ1n) is 10.0. The summed E-state index contributed by atoms with van der Waals surface area (Å²) in [7, 11) is -1.49. The third kappa shape index (κ3) is 4.82. The molecule has 0 aliphatic heterocycles. The lowest BCUT2D eigenvalue weighted by Crippen LogP contribution is -2.15. The second kappa shape index (κ2) is 8.94. The van der Waals surface area contributed by atoms with Crippen molar-refractivity contribution in [1.82, 2.24) is 15.2 Å². The summed E-state index contributed by atoms with van der Waals surface area (Å²) in [5, 5.41) is 16.1. The fourth-order valence-electron chi connectivity index (χ4n) is 3.31. The Morgan fingerprint density at radius 2 is 1.97 bits per heavy atom. The van der Waals surface area contributed by atoms with Crippen molar-refractivity contribution < 1.29 is 27.8 Å². The highest BCUT2D eigenvalue weighted by molar-refractivity contribution is 7.92. The van der Waals surface area contributed by atoms with E-state index in [9.17, 15) is 13.2 Å². The Bertz CT molecular complexity index is 1330. The van der Waals surface area contributed by atoms with Crippen molar-refractivity contribution in [2.45, 2.75) is 23.7 Å². The number of H-pyrrole nitrogens is 1. The number of rotatable bonds is 9. The molecule has 1 aliphatic carbocycles. The van der Waals surface area contributed by atoms with Crippen LogP contribution < -0.4 is 14.2 Å². The second-order valence-corrected chi connectivity index (χ2v) is 9.05. The Morgan fingerprint density at radius 1 is 1.21 bits per heavy atom. The van der Waals surface area contributed by atoms with Crippen molar-refractivity contribution in [1.29, 1.82) is 0 Å². The van der Waals surface area contributed by atoms with Gasteiger partial charge in [-0.2, -0.15) is 5.10 Å². The molecule has 0 atom stereocenters. The maximum atomic E-state index is 13.4. The summed E-state index contributed by atoms with van der Waals surface area (Å²) in [6.45, 7) is 0. The number of ether oxygens (including phenoxy) is 2. The van der Waals surface area contributed by atoms with Crippen LogP contribution in [0, 0.1) is 0 Å². The summed E-state index contributed by atoms with van der Waals surface area (Å²) in [6.07, 6.45) is 4.28. The number of methoxy groups -OCH3 is 2. The molecule has 0 unspecified atom stereocenters. The summed E-state index contributed by atoms with van der Waals surface area (Å²) in [6, 6.07) is 9.59. The van der Waals surface area contributed by atoms with Gasteiger partial charge in [-0.3, -0.25) is 9.82 Å². The predicted molar refractivity (Wildman–Crippen MR) is 121 cm³/mol. The molecule has 3 aromatic rings. The molecular weight excluding hydrogens is 448 g/mol. The van der Waals surface area contributed by atoms with Gasteiger partial charge in [-0.15, -0.1) is 0 Å². The smallest absolute Gasteiger partial charge is 0.328 e. The third-order valence-electron chi connectivity index (χ3n) is 5.05. The molecule has 1 aliphatic rings. The Balaban J connectivity index is 1.75. The van der Waals surface area contributed by atoms with Crippen LogP contribution in [0.5, 0.6) is 11.5 Å². The van der Waals surface area contributed by atoms with Crippen molar-refractivity contribution in [2.24, 2.45) is 0 Å². The van der Waals surface area contributed by atoms with E-state index in [0.717, 1.165) is 24.7 Å². The Labute approximate surface area is 190 Å². The number of aliphatic carboxylic acids is 1. The highest BCUT2D eigenvalue weighted by Gasteiger charge is 2.28. The summed E-state index contributed by atoms with van der Waals surface area (Å²) in [4.78, 5) is 15.2. The first kappa shape index (κ1) is 22.3. The van der Waals surface area contributed by atoms with E-state index in [1.165, 1.54) is 32.4 Å². The van der Waals surface area contributed by atoms with Gasteiger partial charge in [-0.25, -0.2) is 18.2 Å². The number of hydrogen-bond acceptors (Lipinski definition) is 7. The first-order chi connectivity index (χ1) is 15.8. The Morgan fingerprint density at radius 3 is 2.64 bits per heavy atom. The summed E-state index contributed by atoms with van der Waals surface area (Å²) in [5.41, 5.74) is 1.11. The van der Waals surface area contributed by atoms with Gasteiger partial charge in [-0.05, 0) is 48.7 Å². The number of para-hydroxylation sites is 1. The van der Waals surface area contributed by atoms with Crippen molar-refractivity contribution in [3.05, 3.63) is 53.9 Å². The number of nitrogens with one attached hydrogen (secondary N) is 2. The number of aromatic amines is 1. The fraction of sp³-hybridized carbons (Fsp3) is 0.227. The molecule has 10 nitrogen and oxygen atoms in total. The van der Waals surface area contributed by atoms with E-state index in [4.69, 9.17) is 14.6 Å². The molecule has 1 saturated carbocycles. The maximum Gasteiger partial charge on any atom is 0.328 e. The van der Waals surface area contributed by atoms with Crippen LogP contribution in [0.3, 0.4) is 0 Å². The molecule has 0 saturated heterocycles. The second-order valence-electron chi connectivity index (χ2n) is 7.40. The summed E-state index contributed by atoms with van der Waals surface area (Å²) in [5.74, 6) is 0.502. The molecule has 1 heterocycles. The van der Waals surface area contributed by atoms with Gasteiger partial charge in [0, 0.05) is 17.6 Å². The van der Waals surface area contributed by atoms with Crippen molar-refractivity contribution in [3.8, 4) is 22.9 Å². The van der Waals surface area contributed by atoms with E-state index < -0.39 is 16.0 Å². The minimum absolute atomic E-state index is 0.0103. The molecular formula is C22H22N4O6S. The van der Waals surface area contributed by atoms with Crippen LogP contribution in [0.1, 0.15) is 30.1 Å². The molecule has 0 spiro atoms. The highest BCUT2D eigenvalue weighted by Crippen LogP contribution is 2.40. The number of hydrogen-bond donors (Lipinski definition) is 3. The monoisotopic (exact) mass is 470 g/mol. The van der Waals surface area contributed by atoms with Gasteiger partial charge in [0.15, 0.2) is 17.3 Å². The topological polar surface area (TPSA) is 143 Å². The van der Waals surface area contributed by atoms with Crippen LogP contribution in [0.15, 0.2) is 47.4 Å². The van der Waals surface area contributed by atoms with E-state index in [1.807, 2.05) is 0 Å². The minimum Gasteiger partial charge on any atom is -0.493 e. The van der Waals surface area contributed by atoms with Gasteiger partial charge in [0.25, 0.3) is 10.0 Å². The largest absolute Gasteiger partial charge is 0.493 e.